The Hall–Kier alpha value is -1.35. The summed E-state index contributed by atoms with van der Waals surface area (Å²) in [5, 5.41) is 8.47. The number of carboxylic acid groups (broad SMARTS) is 1. The van der Waals surface area contributed by atoms with Gasteiger partial charge in [0.1, 0.15) is 10.9 Å². The maximum absolute atomic E-state index is 12.1. The molecule has 0 saturated heterocycles. The molecular weight excluding hydrogens is 345 g/mol. The monoisotopic (exact) mass is 355 g/mol. The van der Waals surface area contributed by atoms with Gasteiger partial charge < -0.3 is 9.84 Å². The van der Waals surface area contributed by atoms with Crippen LogP contribution in [-0.2, 0) is 19.6 Å². The third-order valence-corrected chi connectivity index (χ3v) is 4.75. The number of benzene rings is 1. The minimum Gasteiger partial charge on any atom is -0.478 e. The van der Waals surface area contributed by atoms with Gasteiger partial charge in [-0.1, -0.05) is 23.2 Å². The van der Waals surface area contributed by atoms with E-state index >= 15 is 0 Å². The summed E-state index contributed by atoms with van der Waals surface area (Å²) in [5.74, 6) is -2.21. The van der Waals surface area contributed by atoms with Gasteiger partial charge in [0.05, 0.1) is 22.7 Å². The highest BCUT2D eigenvalue weighted by atomic mass is 35.5. The number of rotatable bonds is 5. The minimum atomic E-state index is -4.22. The normalized spacial score (nSPS) is 12.8. The van der Waals surface area contributed by atoms with Gasteiger partial charge in [0.2, 0.25) is 10.0 Å². The number of carbonyl (C=O) groups excluding carboxylic acids is 1. The zero-order chi connectivity index (χ0) is 16.4. The second-order valence-corrected chi connectivity index (χ2v) is 6.43. The summed E-state index contributed by atoms with van der Waals surface area (Å²) in [5.41, 5.74) is -0.424. The van der Waals surface area contributed by atoms with Crippen molar-refractivity contribution in [1.82, 2.24) is 4.72 Å². The Morgan fingerprint density at radius 1 is 1.29 bits per heavy atom. The Morgan fingerprint density at radius 3 is 2.33 bits per heavy atom. The van der Waals surface area contributed by atoms with E-state index < -0.39 is 38.5 Å². The lowest BCUT2D eigenvalue weighted by Crippen LogP contribution is -2.39. The van der Waals surface area contributed by atoms with E-state index in [0.717, 1.165) is 19.2 Å². The molecule has 0 aliphatic rings. The van der Waals surface area contributed by atoms with E-state index in [1.165, 1.54) is 6.92 Å². The first-order valence-electron chi connectivity index (χ1n) is 5.42. The highest BCUT2D eigenvalue weighted by Gasteiger charge is 2.26. The molecule has 0 aliphatic heterocycles. The quantitative estimate of drug-likeness (QED) is 0.775. The molecule has 0 unspecified atom stereocenters. The molecule has 1 aromatic rings. The summed E-state index contributed by atoms with van der Waals surface area (Å²) in [4.78, 5) is 21.7. The van der Waals surface area contributed by atoms with Crippen molar-refractivity contribution < 1.29 is 27.9 Å². The average Bonchev–Trinajstić information content (AvgIpc) is 2.36. The van der Waals surface area contributed by atoms with Crippen molar-refractivity contribution in [3.05, 3.63) is 27.7 Å². The molecule has 1 rings (SSSR count). The molecule has 2 N–H and O–H groups in total. The third kappa shape index (κ3) is 4.07. The topological polar surface area (TPSA) is 110 Å². The number of methoxy groups -OCH3 is 1. The van der Waals surface area contributed by atoms with Crippen LogP contribution in [0.3, 0.4) is 0 Å². The minimum absolute atomic E-state index is 0.201. The first kappa shape index (κ1) is 17.7. The Morgan fingerprint density at radius 2 is 1.86 bits per heavy atom. The van der Waals surface area contributed by atoms with Crippen molar-refractivity contribution in [3.63, 3.8) is 0 Å². The molecule has 0 bridgehead atoms. The van der Waals surface area contributed by atoms with Gasteiger partial charge in [0.25, 0.3) is 0 Å². The van der Waals surface area contributed by atoms with E-state index in [1.807, 2.05) is 4.72 Å². The highest BCUT2D eigenvalue weighted by Crippen LogP contribution is 2.28. The fourth-order valence-electron chi connectivity index (χ4n) is 1.42. The molecule has 1 aromatic carbocycles. The van der Waals surface area contributed by atoms with Crippen LogP contribution in [0.1, 0.15) is 17.3 Å². The van der Waals surface area contributed by atoms with Crippen molar-refractivity contribution in [2.45, 2.75) is 17.9 Å². The molecule has 0 amide bonds. The summed E-state index contributed by atoms with van der Waals surface area (Å²) in [6, 6.07) is 0.656. The molecule has 10 heteroatoms. The van der Waals surface area contributed by atoms with Crippen LogP contribution in [0.25, 0.3) is 0 Å². The smallest absolute Gasteiger partial charge is 0.337 e. The highest BCUT2D eigenvalue weighted by molar-refractivity contribution is 7.89. The van der Waals surface area contributed by atoms with Crippen LogP contribution in [0.4, 0.5) is 0 Å². The van der Waals surface area contributed by atoms with Crippen LogP contribution in [-0.4, -0.2) is 38.6 Å². The molecule has 116 valence electrons. The number of esters is 1. The first-order chi connectivity index (χ1) is 9.60. The van der Waals surface area contributed by atoms with Gasteiger partial charge in [-0.3, -0.25) is 4.79 Å². The van der Waals surface area contributed by atoms with Gasteiger partial charge in [-0.15, -0.1) is 0 Å². The van der Waals surface area contributed by atoms with Crippen LogP contribution in [0.15, 0.2) is 17.0 Å². The van der Waals surface area contributed by atoms with E-state index in [9.17, 15) is 18.0 Å². The maximum Gasteiger partial charge on any atom is 0.337 e. The van der Waals surface area contributed by atoms with E-state index in [0.29, 0.717) is 0 Å². The number of ether oxygens (including phenoxy) is 1. The lowest BCUT2D eigenvalue weighted by Gasteiger charge is -2.14. The Labute approximate surface area is 130 Å². The van der Waals surface area contributed by atoms with Crippen molar-refractivity contribution >= 4 is 45.2 Å². The molecule has 21 heavy (non-hydrogen) atoms. The fraction of sp³-hybridized carbons (Fsp3) is 0.273. The molecule has 0 fully saturated rings. The summed E-state index contributed by atoms with van der Waals surface area (Å²) < 4.78 is 30.7. The van der Waals surface area contributed by atoms with Gasteiger partial charge in [-0.05, 0) is 19.1 Å². The van der Waals surface area contributed by atoms with Gasteiger partial charge >= 0.3 is 11.9 Å². The summed E-state index contributed by atoms with van der Waals surface area (Å²) in [7, 11) is -3.12. The van der Waals surface area contributed by atoms with Crippen LogP contribution in [0.5, 0.6) is 0 Å². The summed E-state index contributed by atoms with van der Waals surface area (Å²) in [6.07, 6.45) is 0. The Bertz CT molecular complexity index is 688. The third-order valence-electron chi connectivity index (χ3n) is 2.43. The van der Waals surface area contributed by atoms with Crippen molar-refractivity contribution in [3.8, 4) is 0 Å². The number of halogens is 2. The molecule has 0 aliphatic carbocycles. The number of carboxylic acids is 1. The van der Waals surface area contributed by atoms with Gasteiger partial charge in [-0.25, -0.2) is 13.2 Å². The molecular formula is C11H11Cl2NO6S. The van der Waals surface area contributed by atoms with Crippen LogP contribution in [0, 0.1) is 0 Å². The standard InChI is InChI=1S/C11H11Cl2NO6S/c1-5(11(17)20-2)14-21(18,19)9-3-6(10(15)16)7(12)4-8(9)13/h3-5,14H,1-2H3,(H,15,16)/t5-/m0/s1. The maximum atomic E-state index is 12.1. The number of hydrogen-bond acceptors (Lipinski definition) is 5. The average molecular weight is 356 g/mol. The second kappa shape index (κ2) is 6.61. The van der Waals surface area contributed by atoms with Crippen LogP contribution < -0.4 is 4.72 Å². The van der Waals surface area contributed by atoms with Crippen LogP contribution >= 0.6 is 23.2 Å². The summed E-state index contributed by atoms with van der Waals surface area (Å²) in [6.45, 7) is 1.27. The van der Waals surface area contributed by atoms with E-state index in [1.54, 1.807) is 0 Å². The van der Waals surface area contributed by atoms with E-state index in [4.69, 9.17) is 28.3 Å². The second-order valence-electron chi connectivity index (χ2n) is 3.93. The molecule has 1 atom stereocenters. The molecule has 0 spiro atoms. The Balaban J connectivity index is 3.29. The van der Waals surface area contributed by atoms with Crippen LogP contribution in [0.2, 0.25) is 10.0 Å². The zero-order valence-electron chi connectivity index (χ0n) is 10.9. The number of carbonyl (C=O) groups is 2. The predicted octanol–water partition coefficient (Wildman–Crippen LogP) is 1.53. The Kier molecular flexibility index (Phi) is 5.57. The van der Waals surface area contributed by atoms with Gasteiger partial charge in [-0.2, -0.15) is 4.72 Å². The molecule has 0 heterocycles. The molecule has 0 saturated carbocycles. The van der Waals surface area contributed by atoms with Gasteiger partial charge in [0, 0.05) is 0 Å². The van der Waals surface area contributed by atoms with Crippen molar-refractivity contribution in [2.24, 2.45) is 0 Å². The van der Waals surface area contributed by atoms with Crippen molar-refractivity contribution in [1.29, 1.82) is 0 Å². The van der Waals surface area contributed by atoms with Crippen molar-refractivity contribution in [2.75, 3.05) is 7.11 Å². The fourth-order valence-corrected chi connectivity index (χ4v) is 3.47. The number of aromatic carboxylic acids is 1. The largest absolute Gasteiger partial charge is 0.478 e. The first-order valence-corrected chi connectivity index (χ1v) is 7.66. The lowest BCUT2D eigenvalue weighted by atomic mass is 10.2. The lowest BCUT2D eigenvalue weighted by molar-refractivity contribution is -0.142. The van der Waals surface area contributed by atoms with E-state index in [-0.39, 0.29) is 10.0 Å². The summed E-state index contributed by atoms with van der Waals surface area (Å²) >= 11 is 11.4. The molecule has 0 aromatic heterocycles. The SMILES string of the molecule is COC(=O)[C@H](C)NS(=O)(=O)c1cc(C(=O)O)c(Cl)cc1Cl. The molecule has 7 nitrogen and oxygen atoms in total. The number of sulfonamides is 1. The zero-order valence-corrected chi connectivity index (χ0v) is 13.2. The van der Waals surface area contributed by atoms with E-state index in [2.05, 4.69) is 4.74 Å². The number of hydrogen-bond donors (Lipinski definition) is 2. The van der Waals surface area contributed by atoms with Gasteiger partial charge in [0.15, 0.2) is 0 Å². The predicted molar refractivity (Wildman–Crippen MR) is 75.2 cm³/mol. The molecule has 0 radical (unpaired) electrons. The number of nitrogens with one attached hydrogen (secondary N) is 1.